The Bertz CT molecular complexity index is 1380. The summed E-state index contributed by atoms with van der Waals surface area (Å²) in [6, 6.07) is 10.9. The van der Waals surface area contributed by atoms with Gasteiger partial charge in [-0.05, 0) is 62.9 Å². The molecule has 3 fully saturated rings. The second-order valence-corrected chi connectivity index (χ2v) is 11.7. The van der Waals surface area contributed by atoms with E-state index in [2.05, 4.69) is 32.8 Å². The number of rotatable bonds is 7. The van der Waals surface area contributed by atoms with Crippen LogP contribution in [-0.4, -0.2) is 52.9 Å². The van der Waals surface area contributed by atoms with Crippen LogP contribution in [0.2, 0.25) is 0 Å². The first-order valence-electron chi connectivity index (χ1n) is 13.6. The Morgan fingerprint density at radius 1 is 1.18 bits per heavy atom. The number of carbonyl (C=O) groups is 3. The number of hydrogen-bond donors (Lipinski definition) is 4. The molecule has 0 spiro atoms. The molecule has 1 aromatic heterocycles. The third kappa shape index (κ3) is 5.06. The number of ether oxygens (including phenoxy) is 1. The summed E-state index contributed by atoms with van der Waals surface area (Å²) in [7, 11) is 0. The normalized spacial score (nSPS) is 27.1. The Morgan fingerprint density at radius 2 is 1.95 bits per heavy atom. The summed E-state index contributed by atoms with van der Waals surface area (Å²) < 4.78 is 5.88. The van der Waals surface area contributed by atoms with E-state index in [-0.39, 0.29) is 47.3 Å². The van der Waals surface area contributed by atoms with E-state index in [1.165, 1.54) is 17.8 Å². The molecule has 1 saturated carbocycles. The minimum Gasteiger partial charge on any atom is -0.439 e. The van der Waals surface area contributed by atoms with E-state index >= 15 is 0 Å². The van der Waals surface area contributed by atoms with E-state index in [1.807, 2.05) is 43.3 Å². The lowest BCUT2D eigenvalue weighted by Crippen LogP contribution is -2.62. The Morgan fingerprint density at radius 3 is 2.70 bits per heavy atom. The number of amides is 4. The number of thioether (sulfide) groups is 1. The average Bonchev–Trinajstić information content (AvgIpc) is 3.55. The number of hydrogen-bond acceptors (Lipinski definition) is 7. The molecule has 2 saturated heterocycles. The first-order valence-corrected chi connectivity index (χ1v) is 14.5. The predicted octanol–water partition coefficient (Wildman–Crippen LogP) is 3.31. The van der Waals surface area contributed by atoms with Crippen LogP contribution in [0.15, 0.2) is 65.9 Å². The number of carbonyl (C=O) groups excluding carboxylic acids is 3. The molecule has 3 aliphatic heterocycles. The third-order valence-corrected chi connectivity index (χ3v) is 9.29. The van der Waals surface area contributed by atoms with Gasteiger partial charge in [-0.2, -0.15) is 0 Å². The van der Waals surface area contributed by atoms with Crippen molar-refractivity contribution in [2.75, 3.05) is 11.4 Å². The van der Waals surface area contributed by atoms with Crippen LogP contribution in [0.25, 0.3) is 0 Å². The van der Waals surface area contributed by atoms with E-state index in [0.29, 0.717) is 28.7 Å². The van der Waals surface area contributed by atoms with Gasteiger partial charge in [0.25, 0.3) is 5.91 Å². The minimum atomic E-state index is -0.264. The fourth-order valence-corrected chi connectivity index (χ4v) is 7.50. The molecule has 10 nitrogen and oxygen atoms in total. The minimum absolute atomic E-state index is 0.0163. The summed E-state index contributed by atoms with van der Waals surface area (Å²) in [6.45, 7) is 6.18. The lowest BCUT2D eigenvalue weighted by atomic mass is 9.86. The molecule has 0 radical (unpaired) electrons. The molecule has 40 heavy (non-hydrogen) atoms. The quantitative estimate of drug-likeness (QED) is 0.383. The Hall–Kier alpha value is -3.83. The van der Waals surface area contributed by atoms with Crippen molar-refractivity contribution >= 4 is 35.3 Å². The number of nitrogens with zero attached hydrogens (tertiary/aromatic N) is 2. The number of urea groups is 1. The summed E-state index contributed by atoms with van der Waals surface area (Å²) in [5, 5.41) is 12.6. The number of aromatic nitrogens is 1. The number of para-hydroxylation sites is 1. The van der Waals surface area contributed by atoms with Gasteiger partial charge in [0.05, 0.1) is 28.2 Å². The van der Waals surface area contributed by atoms with Gasteiger partial charge in [0.15, 0.2) is 0 Å². The topological polar surface area (TPSA) is 125 Å². The summed E-state index contributed by atoms with van der Waals surface area (Å²) in [5.74, 6) is 0.719. The zero-order chi connectivity index (χ0) is 27.8. The van der Waals surface area contributed by atoms with Crippen LogP contribution in [0.5, 0.6) is 11.6 Å². The van der Waals surface area contributed by atoms with Crippen molar-refractivity contribution in [3.63, 3.8) is 0 Å². The highest BCUT2D eigenvalue weighted by molar-refractivity contribution is 8.04. The maximum atomic E-state index is 13.6. The van der Waals surface area contributed by atoms with Gasteiger partial charge >= 0.3 is 6.03 Å². The van der Waals surface area contributed by atoms with Gasteiger partial charge in [-0.3, -0.25) is 14.5 Å². The molecule has 11 heteroatoms. The van der Waals surface area contributed by atoms with Crippen LogP contribution in [0.3, 0.4) is 0 Å². The molecular formula is C29H32N6O4S. The molecule has 4 N–H and O–H groups in total. The van der Waals surface area contributed by atoms with Gasteiger partial charge in [0, 0.05) is 29.8 Å². The van der Waals surface area contributed by atoms with E-state index in [0.717, 1.165) is 37.1 Å². The van der Waals surface area contributed by atoms with Crippen LogP contribution in [-0.2, 0) is 9.59 Å². The maximum Gasteiger partial charge on any atom is 0.326 e. The molecule has 6 rings (SSSR count). The second kappa shape index (κ2) is 11.0. The summed E-state index contributed by atoms with van der Waals surface area (Å²) in [6.07, 6.45) is 5.96. The molecule has 3 unspecified atom stereocenters. The summed E-state index contributed by atoms with van der Waals surface area (Å²) >= 11 is 1.48. The van der Waals surface area contributed by atoms with Crippen LogP contribution in [0.1, 0.15) is 31.2 Å². The zero-order valence-electron chi connectivity index (χ0n) is 22.2. The van der Waals surface area contributed by atoms with Crippen LogP contribution >= 0.6 is 11.8 Å². The Kier molecular flexibility index (Phi) is 7.24. The summed E-state index contributed by atoms with van der Waals surface area (Å²) in [5.41, 5.74) is 2.29. The lowest BCUT2D eigenvalue weighted by Gasteiger charge is -2.46. The number of benzene rings is 1. The van der Waals surface area contributed by atoms with Crippen molar-refractivity contribution in [2.45, 2.75) is 56.1 Å². The summed E-state index contributed by atoms with van der Waals surface area (Å²) in [4.78, 5) is 45.5. The molecule has 0 bridgehead atoms. The predicted molar refractivity (Wildman–Crippen MR) is 153 cm³/mol. The first-order chi connectivity index (χ1) is 19.4. The number of piperidine rings is 1. The fraction of sp³-hybridized carbons (Fsp3) is 0.379. The van der Waals surface area contributed by atoms with Crippen molar-refractivity contribution in [1.82, 2.24) is 26.3 Å². The van der Waals surface area contributed by atoms with Gasteiger partial charge in [-0.25, -0.2) is 9.78 Å². The Labute approximate surface area is 237 Å². The van der Waals surface area contributed by atoms with Crippen molar-refractivity contribution in [2.24, 2.45) is 5.92 Å². The van der Waals surface area contributed by atoms with Crippen LogP contribution in [0, 0.1) is 12.8 Å². The van der Waals surface area contributed by atoms with Crippen molar-refractivity contribution in [3.05, 3.63) is 71.4 Å². The van der Waals surface area contributed by atoms with E-state index < -0.39 is 0 Å². The van der Waals surface area contributed by atoms with Gasteiger partial charge in [0.2, 0.25) is 11.8 Å². The van der Waals surface area contributed by atoms with Gasteiger partial charge in [-0.15, -0.1) is 0 Å². The van der Waals surface area contributed by atoms with Gasteiger partial charge < -0.3 is 26.0 Å². The monoisotopic (exact) mass is 560 g/mol. The van der Waals surface area contributed by atoms with Crippen LogP contribution < -0.4 is 30.9 Å². The van der Waals surface area contributed by atoms with Gasteiger partial charge in [0.1, 0.15) is 5.75 Å². The largest absolute Gasteiger partial charge is 0.439 e. The van der Waals surface area contributed by atoms with E-state index in [4.69, 9.17) is 4.74 Å². The van der Waals surface area contributed by atoms with E-state index in [9.17, 15) is 14.4 Å². The fourth-order valence-electron chi connectivity index (χ4n) is 6.10. The number of nitrogens with one attached hydrogen (secondary N) is 4. The molecule has 4 heterocycles. The van der Waals surface area contributed by atoms with Crippen molar-refractivity contribution in [1.29, 1.82) is 0 Å². The molecule has 1 aromatic carbocycles. The molecule has 4 amide bonds. The third-order valence-electron chi connectivity index (χ3n) is 7.93. The average molecular weight is 561 g/mol. The first kappa shape index (κ1) is 26.4. The SMILES string of the molecule is C=CC(=O)N[C@H]1CC[C@H](NC(=O)C2=C3NC(=O)N(c4cnc(Oc5ccccc5)cc4C)C4CCNC(S2)C34)C1. The molecule has 4 aliphatic rings. The highest BCUT2D eigenvalue weighted by Gasteiger charge is 2.52. The highest BCUT2D eigenvalue weighted by Crippen LogP contribution is 2.48. The molecule has 2 aromatic rings. The standard InChI is InChI=1S/C29H32N6O4S/c1-3-22(36)32-17-9-10-18(14-17)33-27(37)26-25-24-20(11-12-30-28(24)40-26)35(29(38)34-25)21-15-31-23(13-16(21)2)39-19-7-5-4-6-8-19/h3-8,13,15,17-18,20,24,28,30H,1,9-12,14H2,2H3,(H,32,36)(H,33,37)(H,34,38)/t17-,18-,20?,24?,28?/m0/s1. The van der Waals surface area contributed by atoms with Crippen LogP contribution in [0.4, 0.5) is 10.5 Å². The zero-order valence-corrected chi connectivity index (χ0v) is 23.0. The lowest BCUT2D eigenvalue weighted by molar-refractivity contribution is -0.117. The highest BCUT2D eigenvalue weighted by atomic mass is 32.2. The molecule has 1 aliphatic carbocycles. The number of anilines is 1. The Balaban J connectivity index is 1.19. The van der Waals surface area contributed by atoms with Crippen molar-refractivity contribution in [3.8, 4) is 11.6 Å². The number of aryl methyl sites for hydroxylation is 1. The van der Waals surface area contributed by atoms with E-state index in [1.54, 1.807) is 11.1 Å². The smallest absolute Gasteiger partial charge is 0.326 e. The maximum absolute atomic E-state index is 13.6. The van der Waals surface area contributed by atoms with Crippen molar-refractivity contribution < 1.29 is 19.1 Å². The number of pyridine rings is 1. The molecular weight excluding hydrogens is 528 g/mol. The second-order valence-electron chi connectivity index (χ2n) is 10.5. The van der Waals surface area contributed by atoms with Gasteiger partial charge in [-0.1, -0.05) is 36.5 Å². The molecule has 5 atom stereocenters. The molecule has 208 valence electrons.